The van der Waals surface area contributed by atoms with E-state index in [1.165, 1.54) is 0 Å². The maximum atomic E-state index is 15.4. The molecule has 1 aromatic carbocycles. The van der Waals surface area contributed by atoms with Crippen LogP contribution in [0, 0.1) is 29.5 Å². The molecule has 0 radical (unpaired) electrons. The summed E-state index contributed by atoms with van der Waals surface area (Å²) in [7, 11) is 0. The minimum absolute atomic E-state index is 0.0459. The molecule has 11 nitrogen and oxygen atoms in total. The summed E-state index contributed by atoms with van der Waals surface area (Å²) in [6.07, 6.45) is 10.4. The maximum absolute atomic E-state index is 15.4. The zero-order chi connectivity index (χ0) is 37.3. The lowest BCUT2D eigenvalue weighted by Crippen LogP contribution is -2.70. The third kappa shape index (κ3) is 6.05. The van der Waals surface area contributed by atoms with Crippen LogP contribution in [0.4, 0.5) is 30.8 Å². The normalized spacial score (nSPS) is 27.5. The first-order valence-electron chi connectivity index (χ1n) is 19.0. The summed E-state index contributed by atoms with van der Waals surface area (Å²) < 4.78 is 50.6. The van der Waals surface area contributed by atoms with E-state index in [1.807, 2.05) is 28.0 Å². The van der Waals surface area contributed by atoms with Crippen LogP contribution >= 0.6 is 0 Å². The molecule has 9 rings (SSSR count). The van der Waals surface area contributed by atoms with Crippen molar-refractivity contribution >= 4 is 29.5 Å². The number of fused-ring (bicyclic) bond motifs is 1. The second-order valence-electron chi connectivity index (χ2n) is 16.0. The monoisotopic (exact) mass is 733 g/mol. The van der Waals surface area contributed by atoms with E-state index in [-0.39, 0.29) is 29.3 Å². The van der Waals surface area contributed by atoms with Crippen LogP contribution < -0.4 is 19.9 Å². The SMILES string of the molecule is CCC1(CC)CN(c2ncc(C(=O)NC3(C(=O)O)C4CC5CC(C4)CC3C5)c(C(C)(F)F)n2)c2ccc(OC3CCN(c4ncc(F)cn4)CC3)cc21. The van der Waals surface area contributed by atoms with Gasteiger partial charge in [-0.05, 0) is 92.4 Å². The molecular weight excluding hydrogens is 687 g/mol. The van der Waals surface area contributed by atoms with E-state index >= 15 is 8.78 Å². The smallest absolute Gasteiger partial charge is 0.330 e. The Bertz CT molecular complexity index is 1860. The molecule has 0 atom stereocenters. The van der Waals surface area contributed by atoms with Gasteiger partial charge in [-0.2, -0.15) is 8.78 Å². The summed E-state index contributed by atoms with van der Waals surface area (Å²) in [5.41, 5.74) is -1.17. The van der Waals surface area contributed by atoms with Gasteiger partial charge in [-0.25, -0.2) is 29.1 Å². The van der Waals surface area contributed by atoms with E-state index in [0.29, 0.717) is 50.1 Å². The van der Waals surface area contributed by atoms with Gasteiger partial charge in [0.1, 0.15) is 23.1 Å². The Hall–Kier alpha value is -4.49. The van der Waals surface area contributed by atoms with Gasteiger partial charge in [0.25, 0.3) is 11.8 Å². The first-order valence-corrected chi connectivity index (χ1v) is 19.0. The van der Waals surface area contributed by atoms with E-state index < -0.39 is 40.4 Å². The van der Waals surface area contributed by atoms with Crippen LogP contribution in [0.5, 0.6) is 5.75 Å². The molecule has 53 heavy (non-hydrogen) atoms. The van der Waals surface area contributed by atoms with E-state index in [2.05, 4.69) is 39.1 Å². The van der Waals surface area contributed by atoms with Crippen LogP contribution in [0.15, 0.2) is 36.8 Å². The zero-order valence-corrected chi connectivity index (χ0v) is 30.3. The number of ether oxygens (including phenoxy) is 1. The van der Waals surface area contributed by atoms with Crippen LogP contribution in [0.3, 0.4) is 0 Å². The number of carbonyl (C=O) groups is 2. The number of hydrogen-bond donors (Lipinski definition) is 2. The lowest BCUT2D eigenvalue weighted by atomic mass is 9.48. The number of halogens is 3. The number of nitrogens with zero attached hydrogens (tertiary/aromatic N) is 6. The van der Waals surface area contributed by atoms with Crippen molar-refractivity contribution in [2.75, 3.05) is 29.4 Å². The van der Waals surface area contributed by atoms with Crippen molar-refractivity contribution in [3.8, 4) is 5.75 Å². The number of rotatable bonds is 10. The first kappa shape index (κ1) is 35.5. The molecule has 2 N–H and O–H groups in total. The lowest BCUT2D eigenvalue weighted by Gasteiger charge is -2.59. The molecule has 3 aromatic rings. The van der Waals surface area contributed by atoms with E-state index in [4.69, 9.17) is 4.74 Å². The summed E-state index contributed by atoms with van der Waals surface area (Å²) in [6.45, 7) is 6.67. The predicted octanol–water partition coefficient (Wildman–Crippen LogP) is 6.78. The molecular formula is C39H46F3N7O4. The molecule has 2 aromatic heterocycles. The number of piperidine rings is 1. The number of amides is 1. The third-order valence-corrected chi connectivity index (χ3v) is 13.1. The molecule has 0 spiro atoms. The van der Waals surface area contributed by atoms with Crippen LogP contribution in [0.25, 0.3) is 0 Å². The Kier molecular flexibility index (Phi) is 8.80. The number of benzene rings is 1. The largest absolute Gasteiger partial charge is 0.490 e. The summed E-state index contributed by atoms with van der Waals surface area (Å²) in [5, 5.41) is 13.3. The molecule has 0 unspecified atom stereocenters. The molecule has 14 heteroatoms. The Morgan fingerprint density at radius 3 is 2.17 bits per heavy atom. The van der Waals surface area contributed by atoms with E-state index in [1.54, 1.807) is 0 Å². The van der Waals surface area contributed by atoms with E-state index in [9.17, 15) is 19.1 Å². The van der Waals surface area contributed by atoms with Gasteiger partial charge >= 0.3 is 5.97 Å². The first-order chi connectivity index (χ1) is 25.3. The number of hydrogen-bond acceptors (Lipinski definition) is 9. The number of nitrogens with one attached hydrogen (secondary N) is 1. The van der Waals surface area contributed by atoms with Crippen molar-refractivity contribution < 1.29 is 32.6 Å². The van der Waals surface area contributed by atoms with Crippen molar-refractivity contribution in [3.05, 3.63) is 59.4 Å². The second kappa shape index (κ2) is 13.1. The number of carboxylic acid groups (broad SMARTS) is 1. The van der Waals surface area contributed by atoms with Gasteiger partial charge < -0.3 is 25.0 Å². The van der Waals surface area contributed by atoms with Gasteiger partial charge in [0.2, 0.25) is 11.9 Å². The Morgan fingerprint density at radius 1 is 0.962 bits per heavy atom. The standard InChI is InChI=1S/C39H46F3N7O4/c1-4-38(5-2)21-49(31-7-6-28(17-30(31)38)53-27-8-10-48(11-9-27)35-43-18-26(40)19-44-35)36-45-20-29(32(46-36)37(3,41)42)33(50)47-39(34(51)52)24-13-22-12-23(15-24)16-25(39)14-22/h6-7,17-20,22-25,27H,4-5,8-16,21H2,1-3H3,(H,47,50)(H,51,52). The fourth-order valence-corrected chi connectivity index (χ4v) is 10.4. The lowest BCUT2D eigenvalue weighted by molar-refractivity contribution is -0.163. The molecule has 4 heterocycles. The predicted molar refractivity (Wildman–Crippen MR) is 190 cm³/mol. The van der Waals surface area contributed by atoms with Gasteiger partial charge in [-0.1, -0.05) is 13.8 Å². The number of aliphatic carboxylic acids is 1. The van der Waals surface area contributed by atoms with Crippen LogP contribution in [0.1, 0.15) is 100 Å². The Morgan fingerprint density at radius 2 is 1.58 bits per heavy atom. The molecule has 4 saturated carbocycles. The molecule has 1 amide bonds. The van der Waals surface area contributed by atoms with Gasteiger partial charge in [-0.15, -0.1) is 0 Å². The summed E-state index contributed by atoms with van der Waals surface area (Å²) >= 11 is 0. The average Bonchev–Trinajstić information content (AvgIpc) is 3.47. The molecule has 6 aliphatic rings. The average molecular weight is 734 g/mol. The highest BCUT2D eigenvalue weighted by Gasteiger charge is 2.62. The maximum Gasteiger partial charge on any atom is 0.330 e. The van der Waals surface area contributed by atoms with Gasteiger partial charge in [0.05, 0.1) is 18.0 Å². The highest BCUT2D eigenvalue weighted by molar-refractivity contribution is 5.99. The van der Waals surface area contributed by atoms with Crippen LogP contribution in [-0.4, -0.2) is 68.2 Å². The molecule has 5 fully saturated rings. The quantitative estimate of drug-likeness (QED) is 0.230. The Labute approximate surface area is 306 Å². The minimum Gasteiger partial charge on any atom is -0.490 e. The molecule has 282 valence electrons. The summed E-state index contributed by atoms with van der Waals surface area (Å²) in [4.78, 5) is 47.7. The Balaban J connectivity index is 1.05. The molecule has 4 aliphatic carbocycles. The second-order valence-corrected chi connectivity index (χ2v) is 16.0. The zero-order valence-electron chi connectivity index (χ0n) is 30.3. The fourth-order valence-electron chi connectivity index (χ4n) is 10.4. The highest BCUT2D eigenvalue weighted by Crippen LogP contribution is 2.58. The van der Waals surface area contributed by atoms with Gasteiger partial charge in [0.15, 0.2) is 5.82 Å². The van der Waals surface area contributed by atoms with Crippen molar-refractivity contribution in [3.63, 3.8) is 0 Å². The van der Waals surface area contributed by atoms with Crippen LogP contribution in [0.2, 0.25) is 0 Å². The van der Waals surface area contributed by atoms with Crippen molar-refractivity contribution in [2.24, 2.45) is 23.7 Å². The number of aromatic nitrogens is 4. The van der Waals surface area contributed by atoms with Gasteiger partial charge in [0, 0.05) is 56.7 Å². The summed E-state index contributed by atoms with van der Waals surface area (Å²) in [6, 6.07) is 5.82. The number of carboxylic acids is 1. The number of carbonyl (C=O) groups excluding carboxylic acids is 1. The van der Waals surface area contributed by atoms with E-state index in [0.717, 1.165) is 87.6 Å². The number of alkyl halides is 2. The third-order valence-electron chi connectivity index (χ3n) is 13.1. The van der Waals surface area contributed by atoms with Crippen LogP contribution in [-0.2, 0) is 16.1 Å². The minimum atomic E-state index is -3.50. The highest BCUT2D eigenvalue weighted by atomic mass is 19.3. The topological polar surface area (TPSA) is 134 Å². The van der Waals surface area contributed by atoms with Crippen molar-refractivity contribution in [1.29, 1.82) is 0 Å². The molecule has 1 saturated heterocycles. The fraction of sp³-hybridized carbons (Fsp3) is 0.590. The summed E-state index contributed by atoms with van der Waals surface area (Å²) in [5.74, 6) is -4.27. The van der Waals surface area contributed by atoms with Crippen molar-refractivity contribution in [2.45, 2.75) is 102 Å². The van der Waals surface area contributed by atoms with Crippen molar-refractivity contribution in [1.82, 2.24) is 25.3 Å². The number of anilines is 3. The molecule has 2 aliphatic heterocycles. The molecule has 4 bridgehead atoms. The van der Waals surface area contributed by atoms with Gasteiger partial charge in [-0.3, -0.25) is 4.79 Å².